The van der Waals surface area contributed by atoms with Gasteiger partial charge in [0.2, 0.25) is 0 Å². The largest absolute Gasteiger partial charge is 0.376 e. The number of aromatic nitrogens is 3. The lowest BCUT2D eigenvalue weighted by atomic mass is 10.1. The molecule has 3 rings (SSSR count). The summed E-state index contributed by atoms with van der Waals surface area (Å²) in [6.45, 7) is 6.70. The maximum absolute atomic E-state index is 12.2. The van der Waals surface area contributed by atoms with Crippen LogP contribution in [0.5, 0.6) is 0 Å². The zero-order valence-corrected chi connectivity index (χ0v) is 15.5. The predicted octanol–water partition coefficient (Wildman–Crippen LogP) is 1.94. The molecule has 0 radical (unpaired) electrons. The number of hydrogen-bond acceptors (Lipinski definition) is 5. The van der Waals surface area contributed by atoms with Gasteiger partial charge in [-0.15, -0.1) is 5.10 Å². The highest BCUT2D eigenvalue weighted by molar-refractivity contribution is 5.98. The van der Waals surface area contributed by atoms with Gasteiger partial charge in [0, 0.05) is 17.8 Å². The van der Waals surface area contributed by atoms with E-state index in [9.17, 15) is 9.59 Å². The van der Waals surface area contributed by atoms with E-state index in [4.69, 9.17) is 0 Å². The van der Waals surface area contributed by atoms with Crippen LogP contribution in [-0.4, -0.2) is 33.4 Å². The maximum atomic E-state index is 12.2. The number of aryl methyl sites for hydroxylation is 3. The minimum absolute atomic E-state index is 0.0496. The fourth-order valence-electron chi connectivity index (χ4n) is 2.78. The Bertz CT molecular complexity index is 995. The van der Waals surface area contributed by atoms with Crippen molar-refractivity contribution in [2.75, 3.05) is 11.9 Å². The zero-order chi connectivity index (χ0) is 19.4. The molecule has 0 saturated heterocycles. The molecule has 8 heteroatoms. The molecule has 0 unspecified atom stereocenters. The monoisotopic (exact) mass is 366 g/mol. The summed E-state index contributed by atoms with van der Waals surface area (Å²) >= 11 is 0. The van der Waals surface area contributed by atoms with Gasteiger partial charge in [-0.05, 0) is 50.6 Å². The van der Waals surface area contributed by atoms with Gasteiger partial charge < -0.3 is 5.32 Å². The Kier molecular flexibility index (Phi) is 5.35. The van der Waals surface area contributed by atoms with Crippen LogP contribution in [-0.2, 0) is 11.3 Å². The summed E-state index contributed by atoms with van der Waals surface area (Å²) in [6.07, 6.45) is 0. The van der Waals surface area contributed by atoms with Crippen molar-refractivity contribution < 1.29 is 9.59 Å². The van der Waals surface area contributed by atoms with Crippen LogP contribution in [0.1, 0.15) is 28.4 Å². The number of carbonyl (C=O) groups is 2. The first kappa shape index (κ1) is 18.4. The molecule has 2 amide bonds. The molecule has 0 aliphatic rings. The second-order valence-corrected chi connectivity index (χ2v) is 6.28. The van der Waals surface area contributed by atoms with Gasteiger partial charge in [-0.2, -0.15) is 0 Å². The smallest absolute Gasteiger partial charge is 0.269 e. The molecule has 2 aromatic carbocycles. The van der Waals surface area contributed by atoms with E-state index in [-0.39, 0.29) is 12.5 Å². The average Bonchev–Trinajstić information content (AvgIpc) is 3.07. The van der Waals surface area contributed by atoms with E-state index in [1.165, 1.54) is 0 Å². The van der Waals surface area contributed by atoms with Crippen LogP contribution in [0.4, 0.5) is 5.69 Å². The van der Waals surface area contributed by atoms with Crippen molar-refractivity contribution in [3.63, 3.8) is 0 Å². The highest BCUT2D eigenvalue weighted by Crippen LogP contribution is 2.15. The van der Waals surface area contributed by atoms with Gasteiger partial charge in [-0.3, -0.25) is 20.4 Å². The molecule has 0 bridgehead atoms. The van der Waals surface area contributed by atoms with Crippen LogP contribution < -0.4 is 16.2 Å². The van der Waals surface area contributed by atoms with Gasteiger partial charge in [0.25, 0.3) is 11.8 Å². The minimum atomic E-state index is -0.414. The van der Waals surface area contributed by atoms with Crippen LogP contribution in [0.15, 0.2) is 36.4 Å². The van der Waals surface area contributed by atoms with E-state index >= 15 is 0 Å². The quantitative estimate of drug-likeness (QED) is 0.599. The molecular weight excluding hydrogens is 344 g/mol. The Hall–Kier alpha value is -3.42. The maximum Gasteiger partial charge on any atom is 0.269 e. The fraction of sp³-hybridized carbons (Fsp3) is 0.263. The Morgan fingerprint density at radius 1 is 1.07 bits per heavy atom. The number of rotatable bonds is 5. The number of carbonyl (C=O) groups excluding carboxylic acids is 2. The SMILES string of the molecule is CCn1nnc2cc(C(=O)NNC(=O)CNc3ccc(C)cc3C)ccc21. The Morgan fingerprint density at radius 3 is 2.63 bits per heavy atom. The van der Waals surface area contributed by atoms with Crippen LogP contribution in [0.3, 0.4) is 0 Å². The van der Waals surface area contributed by atoms with E-state index in [1.807, 2.05) is 39.0 Å². The van der Waals surface area contributed by atoms with Crippen molar-refractivity contribution in [1.82, 2.24) is 25.8 Å². The normalized spacial score (nSPS) is 10.6. The van der Waals surface area contributed by atoms with Crippen molar-refractivity contribution in [2.24, 2.45) is 0 Å². The summed E-state index contributed by atoms with van der Waals surface area (Å²) in [5, 5.41) is 11.1. The van der Waals surface area contributed by atoms with E-state index < -0.39 is 5.91 Å². The van der Waals surface area contributed by atoms with E-state index in [0.29, 0.717) is 17.6 Å². The molecule has 27 heavy (non-hydrogen) atoms. The van der Waals surface area contributed by atoms with E-state index in [0.717, 1.165) is 22.3 Å². The molecular formula is C19H22N6O2. The van der Waals surface area contributed by atoms with Gasteiger partial charge in [-0.25, -0.2) is 4.68 Å². The molecule has 8 nitrogen and oxygen atoms in total. The third kappa shape index (κ3) is 4.22. The Labute approximate surface area is 156 Å². The summed E-state index contributed by atoms with van der Waals surface area (Å²) in [7, 11) is 0. The molecule has 0 aliphatic carbocycles. The predicted molar refractivity (Wildman–Crippen MR) is 103 cm³/mol. The Morgan fingerprint density at radius 2 is 1.89 bits per heavy atom. The summed E-state index contributed by atoms with van der Waals surface area (Å²) < 4.78 is 1.75. The molecule has 0 fully saturated rings. The van der Waals surface area contributed by atoms with Gasteiger partial charge >= 0.3 is 0 Å². The lowest BCUT2D eigenvalue weighted by molar-refractivity contribution is -0.120. The van der Waals surface area contributed by atoms with E-state index in [2.05, 4.69) is 26.5 Å². The topological polar surface area (TPSA) is 101 Å². The van der Waals surface area contributed by atoms with Crippen molar-refractivity contribution in [3.8, 4) is 0 Å². The number of amides is 2. The summed E-state index contributed by atoms with van der Waals surface area (Å²) in [4.78, 5) is 24.2. The number of anilines is 1. The van der Waals surface area contributed by atoms with E-state index in [1.54, 1.807) is 22.9 Å². The first-order valence-electron chi connectivity index (χ1n) is 8.71. The standard InChI is InChI=1S/C19H22N6O2/c1-4-25-17-8-6-14(10-16(17)21-24-25)19(27)23-22-18(26)11-20-15-7-5-12(2)9-13(15)3/h5-10,20H,4,11H2,1-3H3,(H,22,26)(H,23,27). The first-order chi connectivity index (χ1) is 13.0. The van der Waals surface area contributed by atoms with Crippen LogP contribution >= 0.6 is 0 Å². The number of fused-ring (bicyclic) bond motifs is 1. The van der Waals surface area contributed by atoms with Gasteiger partial charge in [0.1, 0.15) is 5.52 Å². The highest BCUT2D eigenvalue weighted by Gasteiger charge is 2.11. The summed E-state index contributed by atoms with van der Waals surface area (Å²) in [5.41, 5.74) is 9.80. The summed E-state index contributed by atoms with van der Waals surface area (Å²) in [6, 6.07) is 11.0. The van der Waals surface area contributed by atoms with Gasteiger partial charge in [-0.1, -0.05) is 22.9 Å². The molecule has 0 atom stereocenters. The molecule has 0 saturated carbocycles. The third-order valence-electron chi connectivity index (χ3n) is 4.21. The van der Waals surface area contributed by atoms with Crippen LogP contribution in [0.25, 0.3) is 11.0 Å². The zero-order valence-electron chi connectivity index (χ0n) is 15.5. The van der Waals surface area contributed by atoms with Gasteiger partial charge in [0.05, 0.1) is 12.1 Å². The van der Waals surface area contributed by atoms with Crippen molar-refractivity contribution >= 4 is 28.5 Å². The molecule has 1 heterocycles. The number of nitrogens with one attached hydrogen (secondary N) is 3. The minimum Gasteiger partial charge on any atom is -0.376 e. The lowest BCUT2D eigenvalue weighted by Crippen LogP contribution is -2.44. The number of hydrogen-bond donors (Lipinski definition) is 3. The molecule has 3 N–H and O–H groups in total. The molecule has 1 aromatic heterocycles. The van der Waals surface area contributed by atoms with Crippen molar-refractivity contribution in [3.05, 3.63) is 53.1 Å². The van der Waals surface area contributed by atoms with Crippen molar-refractivity contribution in [1.29, 1.82) is 0 Å². The molecule has 3 aromatic rings. The van der Waals surface area contributed by atoms with Crippen LogP contribution in [0.2, 0.25) is 0 Å². The highest BCUT2D eigenvalue weighted by atomic mass is 16.2. The summed E-state index contributed by atoms with van der Waals surface area (Å²) in [5.74, 6) is -0.760. The number of nitrogens with zero attached hydrogens (tertiary/aromatic N) is 3. The molecule has 0 aliphatic heterocycles. The molecule has 140 valence electrons. The van der Waals surface area contributed by atoms with Crippen molar-refractivity contribution in [2.45, 2.75) is 27.3 Å². The number of hydrazine groups is 1. The van der Waals surface area contributed by atoms with Crippen LogP contribution in [0, 0.1) is 13.8 Å². The number of benzene rings is 2. The second-order valence-electron chi connectivity index (χ2n) is 6.28. The van der Waals surface area contributed by atoms with Gasteiger partial charge in [0.15, 0.2) is 0 Å². The second kappa shape index (κ2) is 7.86. The molecule has 0 spiro atoms. The average molecular weight is 366 g/mol. The lowest BCUT2D eigenvalue weighted by Gasteiger charge is -2.11. The third-order valence-corrected chi connectivity index (χ3v) is 4.21. The first-order valence-corrected chi connectivity index (χ1v) is 8.71. The Balaban J connectivity index is 1.54. The fourth-order valence-corrected chi connectivity index (χ4v) is 2.78.